The van der Waals surface area contributed by atoms with E-state index < -0.39 is 10.5 Å². The number of rotatable bonds is 4. The molecule has 0 bridgehead atoms. The van der Waals surface area contributed by atoms with E-state index in [1.165, 1.54) is 7.11 Å². The van der Waals surface area contributed by atoms with Crippen LogP contribution < -0.4 is 4.74 Å². The third kappa shape index (κ3) is 3.04. The number of hydrogen-bond acceptors (Lipinski definition) is 5. The minimum Gasteiger partial charge on any atom is -0.494 e. The minimum atomic E-state index is -2.50. The highest BCUT2D eigenvalue weighted by Gasteiger charge is 2.07. The van der Waals surface area contributed by atoms with E-state index in [2.05, 4.69) is 4.36 Å². The second-order valence-corrected chi connectivity index (χ2v) is 3.85. The van der Waals surface area contributed by atoms with Gasteiger partial charge >= 0.3 is 10.5 Å². The molecule has 0 radical (unpaired) electrons. The molecule has 0 aliphatic rings. The number of benzene rings is 1. The normalized spacial score (nSPS) is 9.94. The molecule has 0 saturated heterocycles. The van der Waals surface area contributed by atoms with Crippen molar-refractivity contribution in [2.75, 3.05) is 13.7 Å². The lowest BCUT2D eigenvalue weighted by molar-refractivity contribution is 0.299. The first-order chi connectivity index (χ1) is 7.58. The van der Waals surface area contributed by atoms with Crippen LogP contribution >= 0.6 is 0 Å². The molecule has 0 saturated carbocycles. The number of aliphatic hydroxyl groups is 1. The van der Waals surface area contributed by atoms with Gasteiger partial charge in [0.25, 0.3) is 0 Å². The van der Waals surface area contributed by atoms with Crippen molar-refractivity contribution in [3.8, 4) is 5.75 Å². The molecule has 88 valence electrons. The Hall–Kier alpha value is -1.40. The Bertz CT molecular complexity index is 500. The van der Waals surface area contributed by atoms with Gasteiger partial charge in [-0.25, -0.2) is 0 Å². The van der Waals surface area contributed by atoms with E-state index in [4.69, 9.17) is 9.84 Å². The summed E-state index contributed by atoms with van der Waals surface area (Å²) in [6, 6.07) is 3.32. The first-order valence-corrected chi connectivity index (χ1v) is 5.71. The molecule has 6 heteroatoms. The maximum atomic E-state index is 10.5. The van der Waals surface area contributed by atoms with Crippen LogP contribution in [0.3, 0.4) is 0 Å². The third-order valence-electron chi connectivity index (χ3n) is 2.19. The number of methoxy groups -OCH3 is 1. The first-order valence-electron chi connectivity index (χ1n) is 4.68. The number of aryl methyl sites for hydroxylation is 1. The van der Waals surface area contributed by atoms with Crippen LogP contribution in [-0.4, -0.2) is 27.2 Å². The summed E-state index contributed by atoms with van der Waals surface area (Å²) in [4.78, 5) is 0. The summed E-state index contributed by atoms with van der Waals surface area (Å²) < 4.78 is 29.5. The highest BCUT2D eigenvalue weighted by Crippen LogP contribution is 2.30. The molecule has 1 aromatic rings. The van der Waals surface area contributed by atoms with Gasteiger partial charge in [0.2, 0.25) is 0 Å². The molecule has 1 aromatic carbocycles. The molecular formula is C10H13NO4S. The highest BCUT2D eigenvalue weighted by atomic mass is 32.2. The Morgan fingerprint density at radius 2 is 2.12 bits per heavy atom. The van der Waals surface area contributed by atoms with Crippen LogP contribution in [0.1, 0.15) is 11.1 Å². The molecule has 5 nitrogen and oxygen atoms in total. The molecule has 0 fully saturated rings. The van der Waals surface area contributed by atoms with Gasteiger partial charge < -0.3 is 9.84 Å². The molecule has 0 unspecified atom stereocenters. The Morgan fingerprint density at radius 1 is 1.44 bits per heavy atom. The van der Waals surface area contributed by atoms with Crippen molar-refractivity contribution in [3.05, 3.63) is 23.3 Å². The first kappa shape index (κ1) is 12.7. The zero-order valence-electron chi connectivity index (χ0n) is 9.10. The minimum absolute atomic E-state index is 0.0357. The summed E-state index contributed by atoms with van der Waals surface area (Å²) in [5, 5.41) is 8.86. The Kier molecular flexibility index (Phi) is 4.45. The van der Waals surface area contributed by atoms with Gasteiger partial charge in [-0.3, -0.25) is 0 Å². The lowest BCUT2D eigenvalue weighted by Gasteiger charge is -2.09. The molecule has 0 atom stereocenters. The van der Waals surface area contributed by atoms with Crippen LogP contribution in [-0.2, 0) is 16.9 Å². The van der Waals surface area contributed by atoms with Crippen LogP contribution in [0, 0.1) is 6.92 Å². The summed E-state index contributed by atoms with van der Waals surface area (Å²) in [6.45, 7) is 1.87. The number of hydrogen-bond donors (Lipinski definition) is 1. The van der Waals surface area contributed by atoms with Crippen molar-refractivity contribution < 1.29 is 18.3 Å². The fourth-order valence-corrected chi connectivity index (χ4v) is 1.72. The van der Waals surface area contributed by atoms with E-state index in [9.17, 15) is 8.42 Å². The molecule has 0 aliphatic carbocycles. The zero-order chi connectivity index (χ0) is 12.1. The number of ether oxygens (including phenoxy) is 1. The second kappa shape index (κ2) is 5.62. The molecule has 1 N–H and O–H groups in total. The van der Waals surface area contributed by atoms with E-state index in [1.807, 2.05) is 6.92 Å². The van der Waals surface area contributed by atoms with Crippen molar-refractivity contribution in [2.24, 2.45) is 4.36 Å². The van der Waals surface area contributed by atoms with E-state index in [0.717, 1.165) is 11.1 Å². The Labute approximate surface area is 95.4 Å². The van der Waals surface area contributed by atoms with E-state index in [1.54, 1.807) is 12.1 Å². The van der Waals surface area contributed by atoms with Gasteiger partial charge in [0.05, 0.1) is 7.11 Å². The monoisotopic (exact) mass is 243 g/mol. The summed E-state index contributed by atoms with van der Waals surface area (Å²) in [5.74, 6) is 0.387. The number of aliphatic hydroxyl groups excluding tert-OH is 1. The summed E-state index contributed by atoms with van der Waals surface area (Å²) in [5.41, 5.74) is 2.06. The van der Waals surface area contributed by atoms with Crippen LogP contribution in [0.5, 0.6) is 5.75 Å². The third-order valence-corrected chi connectivity index (χ3v) is 2.54. The van der Waals surface area contributed by atoms with Crippen LogP contribution in [0.2, 0.25) is 0 Å². The maximum Gasteiger partial charge on any atom is 0.316 e. The van der Waals surface area contributed by atoms with Crippen molar-refractivity contribution in [2.45, 2.75) is 13.3 Å². The van der Waals surface area contributed by atoms with Gasteiger partial charge in [-0.2, -0.15) is 8.42 Å². The standard InChI is InChI=1S/C10H13NO4S/c1-7-5-9(11-16(13)14)10(15-2)6-8(7)3-4-12/h5-6,12H,3-4H2,1-2H3. The fourth-order valence-electron chi connectivity index (χ4n) is 1.42. The smallest absolute Gasteiger partial charge is 0.316 e. The largest absolute Gasteiger partial charge is 0.494 e. The lowest BCUT2D eigenvalue weighted by atomic mass is 10.0. The highest BCUT2D eigenvalue weighted by molar-refractivity contribution is 7.61. The molecule has 0 heterocycles. The van der Waals surface area contributed by atoms with E-state index in [0.29, 0.717) is 12.2 Å². The molecular weight excluding hydrogens is 230 g/mol. The SMILES string of the molecule is COc1cc(CCO)c(C)cc1N=S(=O)=O. The predicted molar refractivity (Wildman–Crippen MR) is 59.5 cm³/mol. The summed E-state index contributed by atoms with van der Waals surface area (Å²) in [7, 11) is -1.06. The van der Waals surface area contributed by atoms with Gasteiger partial charge in [-0.15, -0.1) is 4.36 Å². The average Bonchev–Trinajstić information content (AvgIpc) is 2.21. The molecule has 16 heavy (non-hydrogen) atoms. The van der Waals surface area contributed by atoms with Crippen molar-refractivity contribution in [1.29, 1.82) is 0 Å². The van der Waals surface area contributed by atoms with Crippen molar-refractivity contribution >= 4 is 16.2 Å². The molecule has 0 aromatic heterocycles. The van der Waals surface area contributed by atoms with Crippen LogP contribution in [0.15, 0.2) is 16.5 Å². The predicted octanol–water partition coefficient (Wildman–Crippen LogP) is 1.23. The molecule has 0 amide bonds. The van der Waals surface area contributed by atoms with Crippen LogP contribution in [0.4, 0.5) is 5.69 Å². The molecule has 0 spiro atoms. The molecule has 1 rings (SSSR count). The van der Waals surface area contributed by atoms with Gasteiger partial charge in [0.1, 0.15) is 11.4 Å². The van der Waals surface area contributed by atoms with Crippen molar-refractivity contribution in [3.63, 3.8) is 0 Å². The van der Waals surface area contributed by atoms with E-state index >= 15 is 0 Å². The second-order valence-electron chi connectivity index (χ2n) is 3.23. The lowest BCUT2D eigenvalue weighted by Crippen LogP contribution is -1.95. The Morgan fingerprint density at radius 3 is 2.62 bits per heavy atom. The van der Waals surface area contributed by atoms with Gasteiger partial charge in [0.15, 0.2) is 0 Å². The van der Waals surface area contributed by atoms with Crippen LogP contribution in [0.25, 0.3) is 0 Å². The molecule has 0 aliphatic heterocycles. The van der Waals surface area contributed by atoms with E-state index in [-0.39, 0.29) is 12.3 Å². The topological polar surface area (TPSA) is 76.0 Å². The van der Waals surface area contributed by atoms with Crippen molar-refractivity contribution in [1.82, 2.24) is 0 Å². The van der Waals surface area contributed by atoms with Gasteiger partial charge in [-0.05, 0) is 36.6 Å². The summed E-state index contributed by atoms with van der Waals surface area (Å²) >= 11 is 0. The average molecular weight is 243 g/mol. The summed E-state index contributed by atoms with van der Waals surface area (Å²) in [6.07, 6.45) is 0.503. The quantitative estimate of drug-likeness (QED) is 0.863. The number of nitrogens with zero attached hydrogens (tertiary/aromatic N) is 1. The maximum absolute atomic E-state index is 10.5. The fraction of sp³-hybridized carbons (Fsp3) is 0.400. The zero-order valence-corrected chi connectivity index (χ0v) is 9.91. The van der Waals surface area contributed by atoms with Gasteiger partial charge in [0, 0.05) is 6.61 Å². The Balaban J connectivity index is 3.31. The van der Waals surface area contributed by atoms with Gasteiger partial charge in [-0.1, -0.05) is 0 Å².